The molecule has 28 heavy (non-hydrogen) atoms. The van der Waals surface area contributed by atoms with E-state index in [-0.39, 0.29) is 30.9 Å². The van der Waals surface area contributed by atoms with Crippen molar-refractivity contribution in [3.05, 3.63) is 58.5 Å². The van der Waals surface area contributed by atoms with Gasteiger partial charge < -0.3 is 14.6 Å². The molecule has 0 radical (unpaired) electrons. The zero-order valence-corrected chi connectivity index (χ0v) is 15.2. The number of benzene rings is 1. The van der Waals surface area contributed by atoms with Crippen LogP contribution in [0, 0.1) is 6.92 Å². The third-order valence-electron chi connectivity index (χ3n) is 4.53. The molecule has 2 aliphatic heterocycles. The molecule has 1 aromatic rings. The van der Waals surface area contributed by atoms with Crippen molar-refractivity contribution in [1.29, 1.82) is 0 Å². The highest BCUT2D eigenvalue weighted by Crippen LogP contribution is 2.47. The predicted molar refractivity (Wildman–Crippen MR) is 90.9 cm³/mol. The van der Waals surface area contributed by atoms with Crippen molar-refractivity contribution >= 4 is 11.8 Å². The summed E-state index contributed by atoms with van der Waals surface area (Å²) in [4.78, 5) is 25.6. The molecular formula is C19H18F3NO5. The maximum atomic E-state index is 13.8. The molecule has 150 valence electrons. The van der Waals surface area contributed by atoms with Crippen LogP contribution in [0.25, 0.3) is 0 Å². The summed E-state index contributed by atoms with van der Waals surface area (Å²) in [6, 6.07) is 6.40. The highest BCUT2D eigenvalue weighted by molar-refractivity contribution is 6.12. The molecule has 0 amide bonds. The molecule has 9 heteroatoms. The van der Waals surface area contributed by atoms with Crippen LogP contribution >= 0.6 is 0 Å². The van der Waals surface area contributed by atoms with Crippen LogP contribution < -0.4 is 0 Å². The summed E-state index contributed by atoms with van der Waals surface area (Å²) >= 11 is 0. The van der Waals surface area contributed by atoms with Crippen LogP contribution in [-0.2, 0) is 14.3 Å². The first-order chi connectivity index (χ1) is 13.1. The Morgan fingerprint density at radius 1 is 1.29 bits per heavy atom. The number of carbonyl (C=O) groups is 2. The molecule has 2 heterocycles. The minimum Gasteiger partial charge on any atom is -0.477 e. The molecule has 1 atom stereocenters. The quantitative estimate of drug-likeness (QED) is 0.622. The van der Waals surface area contributed by atoms with Gasteiger partial charge in [0.15, 0.2) is 5.78 Å². The lowest BCUT2D eigenvalue weighted by atomic mass is 9.90. The number of fused-ring (bicyclic) bond motifs is 1. The minimum absolute atomic E-state index is 0.178. The number of alkyl halides is 3. The van der Waals surface area contributed by atoms with Gasteiger partial charge in [-0.1, -0.05) is 29.8 Å². The summed E-state index contributed by atoms with van der Waals surface area (Å²) in [5, 5.41) is 10.5. The van der Waals surface area contributed by atoms with Crippen molar-refractivity contribution < 1.29 is 37.3 Å². The Morgan fingerprint density at radius 2 is 1.93 bits per heavy atom. The molecule has 0 spiro atoms. The fraction of sp³-hybridized carbons (Fsp3) is 0.368. The molecule has 0 aromatic heterocycles. The van der Waals surface area contributed by atoms with Crippen molar-refractivity contribution in [3.8, 4) is 0 Å². The van der Waals surface area contributed by atoms with E-state index < -0.39 is 35.1 Å². The number of hydrogen-bond donors (Lipinski definition) is 1. The summed E-state index contributed by atoms with van der Waals surface area (Å²) in [6.07, 6.45) is -4.52. The molecule has 6 nitrogen and oxygen atoms in total. The van der Waals surface area contributed by atoms with Gasteiger partial charge in [-0.05, 0) is 19.9 Å². The van der Waals surface area contributed by atoms with Crippen molar-refractivity contribution in [2.24, 2.45) is 0 Å². The normalized spacial score (nSPS) is 21.8. The minimum atomic E-state index is -5.23. The number of esters is 1. The lowest BCUT2D eigenvalue weighted by Gasteiger charge is -2.41. The second-order valence-electron chi connectivity index (χ2n) is 6.36. The van der Waals surface area contributed by atoms with Gasteiger partial charge in [-0.15, -0.1) is 0 Å². The van der Waals surface area contributed by atoms with E-state index in [0.717, 1.165) is 5.56 Å². The number of aryl methyl sites for hydroxylation is 1. The molecule has 3 rings (SSSR count). The van der Waals surface area contributed by atoms with Crippen molar-refractivity contribution in [1.82, 2.24) is 4.90 Å². The molecule has 1 N–H and O–H groups in total. The van der Waals surface area contributed by atoms with E-state index in [9.17, 15) is 27.9 Å². The Labute approximate surface area is 158 Å². The van der Waals surface area contributed by atoms with E-state index in [1.54, 1.807) is 12.1 Å². The molecule has 1 aromatic carbocycles. The molecule has 1 saturated heterocycles. The number of rotatable bonds is 4. The number of ketones is 1. The molecule has 2 aliphatic rings. The maximum Gasteiger partial charge on any atom is 0.441 e. The van der Waals surface area contributed by atoms with Crippen LogP contribution in [0.2, 0.25) is 0 Å². The van der Waals surface area contributed by atoms with Crippen LogP contribution in [0.5, 0.6) is 0 Å². The summed E-state index contributed by atoms with van der Waals surface area (Å²) in [6.45, 7) is 2.51. The second-order valence-corrected chi connectivity index (χ2v) is 6.36. The predicted octanol–water partition coefficient (Wildman–Crippen LogP) is 2.48. The number of aliphatic hydroxyl groups is 1. The highest BCUT2D eigenvalue weighted by atomic mass is 19.4. The number of hydrogen-bond acceptors (Lipinski definition) is 6. The van der Waals surface area contributed by atoms with Gasteiger partial charge in [0.1, 0.15) is 6.61 Å². The van der Waals surface area contributed by atoms with E-state index >= 15 is 0 Å². The fourth-order valence-electron chi connectivity index (χ4n) is 3.14. The number of nitrogens with zero attached hydrogens (tertiary/aromatic N) is 1. The van der Waals surface area contributed by atoms with Crippen LogP contribution in [0.15, 0.2) is 47.4 Å². The average molecular weight is 397 g/mol. The van der Waals surface area contributed by atoms with Crippen LogP contribution in [0.1, 0.15) is 22.8 Å². The number of ether oxygens (including phenoxy) is 2. The van der Waals surface area contributed by atoms with Gasteiger partial charge in [0.25, 0.3) is 5.72 Å². The van der Waals surface area contributed by atoms with Gasteiger partial charge in [0, 0.05) is 5.56 Å². The summed E-state index contributed by atoms with van der Waals surface area (Å²) < 4.78 is 51.4. The molecule has 0 aliphatic carbocycles. The monoisotopic (exact) mass is 397 g/mol. The average Bonchev–Trinajstić information content (AvgIpc) is 3.12. The molecule has 0 saturated carbocycles. The van der Waals surface area contributed by atoms with Gasteiger partial charge in [-0.25, -0.2) is 4.79 Å². The Balaban J connectivity index is 2.17. The van der Waals surface area contributed by atoms with Gasteiger partial charge in [-0.2, -0.15) is 13.2 Å². The van der Waals surface area contributed by atoms with E-state index in [0.29, 0.717) is 11.0 Å². The third-order valence-corrected chi connectivity index (χ3v) is 4.53. The number of halogens is 3. The van der Waals surface area contributed by atoms with E-state index in [1.807, 2.05) is 6.92 Å². The van der Waals surface area contributed by atoms with Gasteiger partial charge >= 0.3 is 12.1 Å². The van der Waals surface area contributed by atoms with Gasteiger partial charge in [0.2, 0.25) is 5.88 Å². The second kappa shape index (κ2) is 6.97. The Morgan fingerprint density at radius 3 is 2.50 bits per heavy atom. The van der Waals surface area contributed by atoms with Crippen LogP contribution in [0.3, 0.4) is 0 Å². The first kappa shape index (κ1) is 19.9. The Hall–Kier alpha value is -2.81. The standard InChI is InChI=1S/C19H18F3NO5/c1-3-27-17(25)14-10-13(15(24)12-6-4-11(2)5-7-12)16-23(8-9-28-16)18(14,26)19(20,21)22/h4-7,10,26H,3,8-9H2,1-2H3. The zero-order valence-electron chi connectivity index (χ0n) is 15.2. The van der Waals surface area contributed by atoms with E-state index in [4.69, 9.17) is 9.47 Å². The van der Waals surface area contributed by atoms with Crippen molar-refractivity contribution in [2.75, 3.05) is 19.8 Å². The number of allylic oxidation sites excluding steroid dienone is 2. The zero-order chi connectivity index (χ0) is 20.7. The van der Waals surface area contributed by atoms with Crippen LogP contribution in [0.4, 0.5) is 13.2 Å². The maximum absolute atomic E-state index is 13.8. The fourth-order valence-corrected chi connectivity index (χ4v) is 3.14. The summed E-state index contributed by atoms with van der Waals surface area (Å²) in [5.41, 5.74) is -3.88. The SMILES string of the molecule is CCOC(=O)C1=CC(C(=O)c2ccc(C)cc2)=C2OCCN2C1(O)C(F)(F)F. The summed E-state index contributed by atoms with van der Waals surface area (Å²) in [5.74, 6) is -2.41. The Kier molecular flexibility index (Phi) is 4.97. The van der Waals surface area contributed by atoms with E-state index in [1.165, 1.54) is 19.1 Å². The largest absolute Gasteiger partial charge is 0.477 e. The number of Topliss-reactive ketones (excluding diaryl/α,β-unsaturated/α-hetero) is 1. The van der Waals surface area contributed by atoms with Crippen molar-refractivity contribution in [3.63, 3.8) is 0 Å². The smallest absolute Gasteiger partial charge is 0.441 e. The molecule has 0 bridgehead atoms. The molecule has 1 unspecified atom stereocenters. The molecule has 1 fully saturated rings. The topological polar surface area (TPSA) is 76.1 Å². The molecular weight excluding hydrogens is 379 g/mol. The number of carbonyl (C=O) groups excluding carboxylic acids is 2. The van der Waals surface area contributed by atoms with Crippen LogP contribution in [-0.4, -0.2) is 53.4 Å². The Bertz CT molecular complexity index is 873. The third kappa shape index (κ3) is 3.05. The highest BCUT2D eigenvalue weighted by Gasteiger charge is 2.66. The van der Waals surface area contributed by atoms with Gasteiger partial charge in [0.05, 0.1) is 24.3 Å². The lowest BCUT2D eigenvalue weighted by molar-refractivity contribution is -0.292. The lowest BCUT2D eigenvalue weighted by Crippen LogP contribution is -2.61. The van der Waals surface area contributed by atoms with E-state index in [2.05, 4.69) is 0 Å². The first-order valence-corrected chi connectivity index (χ1v) is 8.55. The van der Waals surface area contributed by atoms with Gasteiger partial charge in [-0.3, -0.25) is 9.69 Å². The first-order valence-electron chi connectivity index (χ1n) is 8.55. The summed E-state index contributed by atoms with van der Waals surface area (Å²) in [7, 11) is 0. The van der Waals surface area contributed by atoms with Crippen molar-refractivity contribution in [2.45, 2.75) is 25.7 Å².